The van der Waals surface area contributed by atoms with Gasteiger partial charge in [0, 0.05) is 23.7 Å². The molecule has 0 fully saturated rings. The molecule has 4 aromatic rings. The normalized spacial score (nSPS) is 13.0. The highest BCUT2D eigenvalue weighted by molar-refractivity contribution is 6.31. The molecule has 0 unspecified atom stereocenters. The van der Waals surface area contributed by atoms with Crippen LogP contribution in [0.4, 0.5) is 0 Å². The number of halogens is 1. The Labute approximate surface area is 211 Å². The van der Waals surface area contributed by atoms with Crippen LogP contribution in [0.15, 0.2) is 53.3 Å². The fourth-order valence-corrected chi connectivity index (χ4v) is 4.71. The van der Waals surface area contributed by atoms with E-state index in [1.165, 1.54) is 0 Å². The number of hydrogen-bond acceptors (Lipinski definition) is 5. The number of H-pyrrole nitrogens is 1. The number of tetrazole rings is 1. The maximum Gasteiger partial charge on any atom is 0.252 e. The monoisotopic (exact) mass is 492 g/mol. The maximum atomic E-state index is 13.2. The molecule has 7 nitrogen and oxygen atoms in total. The second-order valence-corrected chi connectivity index (χ2v) is 10.5. The molecular formula is C27H33ClN6O. The number of benzene rings is 2. The third-order valence-electron chi connectivity index (χ3n) is 6.30. The number of para-hydroxylation sites is 1. The van der Waals surface area contributed by atoms with Crippen LogP contribution in [0.2, 0.25) is 5.02 Å². The summed E-state index contributed by atoms with van der Waals surface area (Å²) in [5.41, 5.74) is 3.26. The van der Waals surface area contributed by atoms with E-state index in [-0.39, 0.29) is 17.1 Å². The van der Waals surface area contributed by atoms with Gasteiger partial charge >= 0.3 is 0 Å². The summed E-state index contributed by atoms with van der Waals surface area (Å²) in [7, 11) is 0. The Morgan fingerprint density at radius 3 is 2.54 bits per heavy atom. The van der Waals surface area contributed by atoms with Gasteiger partial charge in [-0.1, -0.05) is 61.3 Å². The second-order valence-electron chi connectivity index (χ2n) is 10.1. The molecule has 0 saturated carbocycles. The summed E-state index contributed by atoms with van der Waals surface area (Å²) >= 11 is 6.57. The molecule has 4 rings (SSSR count). The van der Waals surface area contributed by atoms with E-state index < -0.39 is 0 Å². The highest BCUT2D eigenvalue weighted by Crippen LogP contribution is 2.31. The lowest BCUT2D eigenvalue weighted by atomic mass is 10.0. The zero-order valence-electron chi connectivity index (χ0n) is 21.0. The van der Waals surface area contributed by atoms with E-state index in [1.54, 1.807) is 0 Å². The summed E-state index contributed by atoms with van der Waals surface area (Å²) in [6.45, 7) is 11.4. The molecule has 184 valence electrons. The Balaban J connectivity index is 1.81. The molecule has 8 heteroatoms. The van der Waals surface area contributed by atoms with E-state index in [2.05, 4.69) is 53.1 Å². The third kappa shape index (κ3) is 5.46. The highest BCUT2D eigenvalue weighted by atomic mass is 35.5. The summed E-state index contributed by atoms with van der Waals surface area (Å²) in [6.07, 6.45) is 1.78. The van der Waals surface area contributed by atoms with Crippen molar-refractivity contribution >= 4 is 22.5 Å². The predicted molar refractivity (Wildman–Crippen MR) is 140 cm³/mol. The molecule has 2 heterocycles. The van der Waals surface area contributed by atoms with Crippen LogP contribution in [-0.2, 0) is 18.6 Å². The van der Waals surface area contributed by atoms with Gasteiger partial charge in [-0.15, -0.1) is 5.10 Å². The molecule has 1 N–H and O–H groups in total. The first kappa shape index (κ1) is 25.1. The smallest absolute Gasteiger partial charge is 0.252 e. The first-order chi connectivity index (χ1) is 16.7. The highest BCUT2D eigenvalue weighted by Gasteiger charge is 2.30. The van der Waals surface area contributed by atoms with Gasteiger partial charge in [-0.25, -0.2) is 4.68 Å². The number of aromatic amines is 1. The summed E-state index contributed by atoms with van der Waals surface area (Å²) < 4.78 is 1.89. The second kappa shape index (κ2) is 10.3. The van der Waals surface area contributed by atoms with Crippen LogP contribution < -0.4 is 5.56 Å². The van der Waals surface area contributed by atoms with Gasteiger partial charge in [0.2, 0.25) is 0 Å². The van der Waals surface area contributed by atoms with Crippen LogP contribution in [0.25, 0.3) is 10.9 Å². The lowest BCUT2D eigenvalue weighted by Crippen LogP contribution is -2.35. The minimum atomic E-state index is -0.279. The average Bonchev–Trinajstić information content (AvgIpc) is 3.30. The topological polar surface area (TPSA) is 79.7 Å². The van der Waals surface area contributed by atoms with Crippen molar-refractivity contribution in [1.29, 1.82) is 0 Å². The van der Waals surface area contributed by atoms with Gasteiger partial charge in [-0.2, -0.15) is 0 Å². The number of nitrogens with zero attached hydrogens (tertiary/aromatic N) is 5. The molecule has 35 heavy (non-hydrogen) atoms. The van der Waals surface area contributed by atoms with Gasteiger partial charge in [0.05, 0.1) is 17.1 Å². The largest absolute Gasteiger partial charge is 0.321 e. The van der Waals surface area contributed by atoms with Gasteiger partial charge in [0.25, 0.3) is 5.56 Å². The summed E-state index contributed by atoms with van der Waals surface area (Å²) in [4.78, 5) is 18.5. The summed E-state index contributed by atoms with van der Waals surface area (Å²) in [5, 5.41) is 14.5. The molecule has 2 aromatic carbocycles. The number of aromatic nitrogens is 5. The fraction of sp³-hybridized carbons (Fsp3) is 0.407. The first-order valence-corrected chi connectivity index (χ1v) is 12.4. The minimum Gasteiger partial charge on any atom is -0.321 e. The van der Waals surface area contributed by atoms with Crippen LogP contribution in [0.1, 0.15) is 69.1 Å². The predicted octanol–water partition coefficient (Wildman–Crippen LogP) is 5.78. The van der Waals surface area contributed by atoms with Gasteiger partial charge in [-0.05, 0) is 73.2 Å². The van der Waals surface area contributed by atoms with Crippen molar-refractivity contribution in [3.8, 4) is 0 Å². The van der Waals surface area contributed by atoms with Gasteiger partial charge < -0.3 is 4.98 Å². The van der Waals surface area contributed by atoms with Crippen LogP contribution in [-0.4, -0.2) is 30.1 Å². The van der Waals surface area contributed by atoms with E-state index >= 15 is 0 Å². The summed E-state index contributed by atoms with van der Waals surface area (Å²) in [6, 6.07) is 15.8. The number of fused-ring (bicyclic) bond motifs is 1. The molecule has 0 aliphatic heterocycles. The Hall–Kier alpha value is -3.03. The van der Waals surface area contributed by atoms with Crippen molar-refractivity contribution in [2.24, 2.45) is 0 Å². The molecule has 0 amide bonds. The summed E-state index contributed by atoms with van der Waals surface area (Å²) in [5.74, 6) is 0.791. The average molecular weight is 493 g/mol. The molecule has 0 saturated heterocycles. The van der Waals surface area contributed by atoms with Crippen molar-refractivity contribution in [2.45, 2.75) is 72.1 Å². The number of rotatable bonds is 8. The standard InChI is InChI=1S/C27H33ClN6O/c1-6-10-23(25-30-31-32-34(25)27(3,4)5)33(16-20-12-7-8-14-22(20)28)17-21-15-19-13-9-11-18(2)24(19)29-26(21)35/h7-9,11-15,23H,6,10,16-17H2,1-5H3,(H,29,35)/t23-/m0/s1. The van der Waals surface area contributed by atoms with Crippen molar-refractivity contribution in [2.75, 3.05) is 0 Å². The zero-order chi connectivity index (χ0) is 25.2. The number of nitrogens with one attached hydrogen (secondary N) is 1. The third-order valence-corrected chi connectivity index (χ3v) is 6.67. The molecule has 1 atom stereocenters. The van der Waals surface area contributed by atoms with E-state index in [0.29, 0.717) is 23.7 Å². The zero-order valence-corrected chi connectivity index (χ0v) is 21.8. The Kier molecular flexibility index (Phi) is 7.38. The van der Waals surface area contributed by atoms with Crippen molar-refractivity contribution in [3.63, 3.8) is 0 Å². The minimum absolute atomic E-state index is 0.0818. The van der Waals surface area contributed by atoms with Crippen molar-refractivity contribution in [3.05, 3.63) is 86.4 Å². The van der Waals surface area contributed by atoms with Gasteiger partial charge in [0.15, 0.2) is 5.82 Å². The molecule has 0 spiro atoms. The lowest BCUT2D eigenvalue weighted by molar-refractivity contribution is 0.148. The van der Waals surface area contributed by atoms with E-state index in [0.717, 1.165) is 40.7 Å². The van der Waals surface area contributed by atoms with Crippen LogP contribution in [0.3, 0.4) is 0 Å². The van der Waals surface area contributed by atoms with Gasteiger partial charge in [-0.3, -0.25) is 9.69 Å². The lowest BCUT2D eigenvalue weighted by Gasteiger charge is -2.33. The van der Waals surface area contributed by atoms with E-state index in [1.807, 2.05) is 60.1 Å². The fourth-order valence-electron chi connectivity index (χ4n) is 4.51. The molecule has 0 bridgehead atoms. The molecule has 2 aromatic heterocycles. The van der Waals surface area contributed by atoms with E-state index in [9.17, 15) is 4.79 Å². The molecule has 0 aliphatic rings. The van der Waals surface area contributed by atoms with Crippen LogP contribution >= 0.6 is 11.6 Å². The molecule has 0 radical (unpaired) electrons. The van der Waals surface area contributed by atoms with Crippen molar-refractivity contribution in [1.82, 2.24) is 30.1 Å². The van der Waals surface area contributed by atoms with Gasteiger partial charge in [0.1, 0.15) is 0 Å². The first-order valence-electron chi connectivity index (χ1n) is 12.1. The quantitative estimate of drug-likeness (QED) is 0.337. The molecule has 0 aliphatic carbocycles. The van der Waals surface area contributed by atoms with Crippen molar-refractivity contribution < 1.29 is 0 Å². The number of aryl methyl sites for hydroxylation is 1. The van der Waals surface area contributed by atoms with Crippen LogP contribution in [0, 0.1) is 6.92 Å². The number of hydrogen-bond donors (Lipinski definition) is 1. The Bertz CT molecular complexity index is 1370. The SMILES string of the molecule is CCC[C@@H](c1nnnn1C(C)(C)C)N(Cc1ccccc1Cl)Cc1cc2cccc(C)c2[nH]c1=O. The molecular weight excluding hydrogens is 460 g/mol. The number of pyridine rings is 1. The Morgan fingerprint density at radius 2 is 1.83 bits per heavy atom. The Morgan fingerprint density at radius 1 is 1.09 bits per heavy atom. The maximum absolute atomic E-state index is 13.2. The van der Waals surface area contributed by atoms with Crippen LogP contribution in [0.5, 0.6) is 0 Å². The van der Waals surface area contributed by atoms with E-state index in [4.69, 9.17) is 11.6 Å².